The molecule has 1 aromatic rings. The lowest BCUT2D eigenvalue weighted by Gasteiger charge is -2.15. The highest BCUT2D eigenvalue weighted by atomic mass is 79.9. The molecule has 1 rings (SSSR count). The van der Waals surface area contributed by atoms with Crippen LogP contribution in [0.1, 0.15) is 30.6 Å². The lowest BCUT2D eigenvalue weighted by atomic mass is 10.1. The van der Waals surface area contributed by atoms with E-state index in [0.717, 1.165) is 6.42 Å². The van der Waals surface area contributed by atoms with E-state index < -0.39 is 5.82 Å². The number of rotatable bonds is 4. The number of amides is 1. The zero-order valence-corrected chi connectivity index (χ0v) is 10.9. The van der Waals surface area contributed by atoms with Gasteiger partial charge in [0.25, 0.3) is 5.91 Å². The van der Waals surface area contributed by atoms with Gasteiger partial charge in [0.05, 0.1) is 5.56 Å². The van der Waals surface area contributed by atoms with Gasteiger partial charge in [-0.25, -0.2) is 4.39 Å². The highest BCUT2D eigenvalue weighted by molar-refractivity contribution is 9.09. The first kappa shape index (κ1) is 13.2. The van der Waals surface area contributed by atoms with Crippen molar-refractivity contribution >= 4 is 21.8 Å². The summed E-state index contributed by atoms with van der Waals surface area (Å²) < 4.78 is 13.3. The number of hydrogen-bond donors (Lipinski definition) is 1. The van der Waals surface area contributed by atoms with E-state index >= 15 is 0 Å². The molecule has 4 heteroatoms. The highest BCUT2D eigenvalue weighted by Gasteiger charge is 2.14. The topological polar surface area (TPSA) is 29.1 Å². The number of hydrogen-bond acceptors (Lipinski definition) is 1. The van der Waals surface area contributed by atoms with Crippen LogP contribution in [0.5, 0.6) is 0 Å². The van der Waals surface area contributed by atoms with E-state index in [0.29, 0.717) is 4.83 Å². The van der Waals surface area contributed by atoms with E-state index in [1.807, 2.05) is 13.8 Å². The van der Waals surface area contributed by atoms with Gasteiger partial charge >= 0.3 is 0 Å². The molecule has 0 aliphatic carbocycles. The van der Waals surface area contributed by atoms with Gasteiger partial charge in [0.15, 0.2) is 0 Å². The summed E-state index contributed by atoms with van der Waals surface area (Å²) in [5.74, 6) is -0.849. The van der Waals surface area contributed by atoms with Crippen LogP contribution in [0.3, 0.4) is 0 Å². The van der Waals surface area contributed by atoms with Crippen molar-refractivity contribution in [3.63, 3.8) is 0 Å². The lowest BCUT2D eigenvalue weighted by molar-refractivity contribution is 0.0934. The molecule has 0 saturated heterocycles. The second kappa shape index (κ2) is 5.99. The van der Waals surface area contributed by atoms with Crippen molar-refractivity contribution in [3.8, 4) is 0 Å². The van der Waals surface area contributed by atoms with E-state index in [1.54, 1.807) is 12.1 Å². The van der Waals surface area contributed by atoms with Gasteiger partial charge < -0.3 is 5.32 Å². The molecule has 1 N–H and O–H groups in total. The Morgan fingerprint density at radius 1 is 1.44 bits per heavy atom. The Morgan fingerprint density at radius 2 is 2.06 bits per heavy atom. The van der Waals surface area contributed by atoms with E-state index in [4.69, 9.17) is 0 Å². The maximum atomic E-state index is 13.3. The zero-order chi connectivity index (χ0) is 12.1. The average Bonchev–Trinajstić information content (AvgIpc) is 2.16. The fourth-order valence-corrected chi connectivity index (χ4v) is 2.05. The summed E-state index contributed by atoms with van der Waals surface area (Å²) in [5, 5.41) is 2.76. The average molecular weight is 288 g/mol. The fourth-order valence-electron chi connectivity index (χ4n) is 1.49. The standard InChI is InChI=1S/C12H15BrFNO/c1-8(13)7-9(2)15-12(16)10-5-3-4-6-11(10)14/h3-6,8-9H,7H2,1-2H3,(H,15,16). The van der Waals surface area contributed by atoms with Gasteiger partial charge in [0, 0.05) is 10.9 Å². The molecule has 0 saturated carbocycles. The van der Waals surface area contributed by atoms with Gasteiger partial charge in [-0.3, -0.25) is 4.79 Å². The van der Waals surface area contributed by atoms with Crippen molar-refractivity contribution in [2.45, 2.75) is 31.1 Å². The maximum absolute atomic E-state index is 13.3. The molecule has 0 radical (unpaired) electrons. The molecule has 16 heavy (non-hydrogen) atoms. The number of nitrogens with one attached hydrogen (secondary N) is 1. The Labute approximate surface area is 103 Å². The van der Waals surface area contributed by atoms with Gasteiger partial charge in [-0.2, -0.15) is 0 Å². The van der Waals surface area contributed by atoms with Crippen molar-refractivity contribution < 1.29 is 9.18 Å². The van der Waals surface area contributed by atoms with Gasteiger partial charge in [0.2, 0.25) is 0 Å². The number of carbonyl (C=O) groups excluding carboxylic acids is 1. The van der Waals surface area contributed by atoms with Crippen LogP contribution in [0.15, 0.2) is 24.3 Å². The number of carbonyl (C=O) groups is 1. The van der Waals surface area contributed by atoms with E-state index in [1.165, 1.54) is 12.1 Å². The molecule has 1 amide bonds. The normalized spacial score (nSPS) is 14.2. The predicted octanol–water partition coefficient (Wildman–Crippen LogP) is 3.12. The van der Waals surface area contributed by atoms with E-state index in [-0.39, 0.29) is 17.5 Å². The van der Waals surface area contributed by atoms with Gasteiger partial charge in [0.1, 0.15) is 5.82 Å². The molecule has 0 fully saturated rings. The predicted molar refractivity (Wildman–Crippen MR) is 66.3 cm³/mol. The molecular formula is C12H15BrFNO. The Bertz CT molecular complexity index is 368. The first-order valence-corrected chi connectivity index (χ1v) is 6.11. The molecule has 0 heterocycles. The minimum absolute atomic E-state index is 0.0153. The maximum Gasteiger partial charge on any atom is 0.254 e. The molecule has 88 valence electrons. The summed E-state index contributed by atoms with van der Waals surface area (Å²) >= 11 is 3.41. The molecule has 0 spiro atoms. The molecule has 0 bridgehead atoms. The molecular weight excluding hydrogens is 273 g/mol. The van der Waals surface area contributed by atoms with Crippen molar-refractivity contribution in [1.29, 1.82) is 0 Å². The largest absolute Gasteiger partial charge is 0.349 e. The summed E-state index contributed by atoms with van der Waals surface area (Å²) in [4.78, 5) is 12.0. The smallest absolute Gasteiger partial charge is 0.254 e. The Hall–Kier alpha value is -0.900. The van der Waals surface area contributed by atoms with Gasteiger partial charge in [-0.1, -0.05) is 35.0 Å². The molecule has 2 unspecified atom stereocenters. The number of alkyl halides is 1. The third-order valence-electron chi connectivity index (χ3n) is 2.17. The van der Waals surface area contributed by atoms with Crippen LogP contribution in [0.2, 0.25) is 0 Å². The number of halogens is 2. The SMILES string of the molecule is CC(Br)CC(C)NC(=O)c1ccccc1F. The summed E-state index contributed by atoms with van der Waals surface area (Å²) in [6.07, 6.45) is 0.806. The summed E-state index contributed by atoms with van der Waals surface area (Å²) in [6, 6.07) is 5.99. The van der Waals surface area contributed by atoms with Crippen molar-refractivity contribution in [1.82, 2.24) is 5.32 Å². The monoisotopic (exact) mass is 287 g/mol. The second-order valence-corrected chi connectivity index (χ2v) is 5.43. The molecule has 0 aliphatic rings. The minimum Gasteiger partial charge on any atom is -0.349 e. The Kier molecular flexibility index (Phi) is 4.93. The molecule has 1 aromatic carbocycles. The van der Waals surface area contributed by atoms with Gasteiger partial charge in [-0.15, -0.1) is 0 Å². The van der Waals surface area contributed by atoms with E-state index in [9.17, 15) is 9.18 Å². The molecule has 0 aromatic heterocycles. The summed E-state index contributed by atoms with van der Waals surface area (Å²) in [6.45, 7) is 3.91. The minimum atomic E-state index is -0.487. The summed E-state index contributed by atoms with van der Waals surface area (Å²) in [5.41, 5.74) is 0.0941. The van der Waals surface area contributed by atoms with E-state index in [2.05, 4.69) is 21.2 Å². The fraction of sp³-hybridized carbons (Fsp3) is 0.417. The first-order valence-electron chi connectivity index (χ1n) is 5.20. The quantitative estimate of drug-likeness (QED) is 0.847. The van der Waals surface area contributed by atoms with Crippen molar-refractivity contribution in [3.05, 3.63) is 35.6 Å². The lowest BCUT2D eigenvalue weighted by Crippen LogP contribution is -2.34. The highest BCUT2D eigenvalue weighted by Crippen LogP contribution is 2.09. The Balaban J connectivity index is 2.63. The van der Waals surface area contributed by atoms with Crippen LogP contribution in [0, 0.1) is 5.82 Å². The number of benzene rings is 1. The van der Waals surface area contributed by atoms with Crippen molar-refractivity contribution in [2.75, 3.05) is 0 Å². The van der Waals surface area contributed by atoms with Crippen LogP contribution < -0.4 is 5.32 Å². The second-order valence-electron chi connectivity index (χ2n) is 3.87. The Morgan fingerprint density at radius 3 is 2.62 bits per heavy atom. The molecule has 2 nitrogen and oxygen atoms in total. The van der Waals surface area contributed by atoms with Crippen LogP contribution in [-0.4, -0.2) is 16.8 Å². The van der Waals surface area contributed by atoms with Gasteiger partial charge in [-0.05, 0) is 25.5 Å². The third kappa shape index (κ3) is 3.93. The van der Waals surface area contributed by atoms with Crippen LogP contribution in [0.25, 0.3) is 0 Å². The molecule has 2 atom stereocenters. The van der Waals surface area contributed by atoms with Crippen LogP contribution >= 0.6 is 15.9 Å². The van der Waals surface area contributed by atoms with Crippen molar-refractivity contribution in [2.24, 2.45) is 0 Å². The zero-order valence-electron chi connectivity index (χ0n) is 9.34. The van der Waals surface area contributed by atoms with Crippen LogP contribution in [0.4, 0.5) is 4.39 Å². The molecule has 0 aliphatic heterocycles. The van der Waals surface area contributed by atoms with Crippen LogP contribution in [-0.2, 0) is 0 Å². The first-order chi connectivity index (χ1) is 7.50. The third-order valence-corrected chi connectivity index (χ3v) is 2.55. The summed E-state index contributed by atoms with van der Waals surface area (Å²) in [7, 11) is 0.